The van der Waals surface area contributed by atoms with Gasteiger partial charge in [0.15, 0.2) is 0 Å². The summed E-state index contributed by atoms with van der Waals surface area (Å²) in [6, 6.07) is 10.00. The van der Waals surface area contributed by atoms with E-state index in [2.05, 4.69) is 42.9 Å². The molecule has 1 saturated carbocycles. The van der Waals surface area contributed by atoms with Gasteiger partial charge in [-0.05, 0) is 55.0 Å². The van der Waals surface area contributed by atoms with Gasteiger partial charge in [-0.2, -0.15) is 0 Å². The lowest BCUT2D eigenvalue weighted by Gasteiger charge is -2.21. The van der Waals surface area contributed by atoms with Crippen molar-refractivity contribution >= 4 is 28.5 Å². The first-order chi connectivity index (χ1) is 14.1. The van der Waals surface area contributed by atoms with Crippen LogP contribution in [0.1, 0.15) is 48.4 Å². The van der Waals surface area contributed by atoms with Crippen LogP contribution in [0.4, 0.5) is 0 Å². The van der Waals surface area contributed by atoms with Crippen molar-refractivity contribution in [2.45, 2.75) is 39.0 Å². The van der Waals surface area contributed by atoms with E-state index in [1.165, 1.54) is 0 Å². The molecule has 4 heterocycles. The monoisotopic (exact) mass is 502 g/mol. The van der Waals surface area contributed by atoms with E-state index in [0.717, 1.165) is 58.9 Å². The zero-order chi connectivity index (χ0) is 21.0. The summed E-state index contributed by atoms with van der Waals surface area (Å²) in [7, 11) is 0. The van der Waals surface area contributed by atoms with Crippen molar-refractivity contribution in [2.24, 2.45) is 0 Å². The highest BCUT2D eigenvalue weighted by Gasteiger charge is 2.50. The molecule has 0 unspecified atom stereocenters. The fourth-order valence-electron chi connectivity index (χ4n) is 3.59. The minimum atomic E-state index is 0.0204. The Bertz CT molecular complexity index is 990. The van der Waals surface area contributed by atoms with Crippen LogP contribution >= 0.6 is 22.6 Å². The SMILES string of the molecule is CC.CI.Cc1ccc(-c2cc(-c3cc4c([nH]3)C3(CC3)CNC4=O)ccn2)cn1. The van der Waals surface area contributed by atoms with E-state index in [-0.39, 0.29) is 11.3 Å². The molecule has 1 aliphatic heterocycles. The molecular formula is C23H27IN4O. The van der Waals surface area contributed by atoms with Crippen molar-refractivity contribution in [3.63, 3.8) is 0 Å². The van der Waals surface area contributed by atoms with Crippen LogP contribution < -0.4 is 5.32 Å². The fourth-order valence-corrected chi connectivity index (χ4v) is 3.59. The summed E-state index contributed by atoms with van der Waals surface area (Å²) in [5, 5.41) is 3.02. The van der Waals surface area contributed by atoms with E-state index in [9.17, 15) is 4.79 Å². The third-order valence-corrected chi connectivity index (χ3v) is 5.31. The van der Waals surface area contributed by atoms with Crippen molar-refractivity contribution in [3.8, 4) is 22.5 Å². The van der Waals surface area contributed by atoms with Gasteiger partial charge < -0.3 is 10.3 Å². The zero-order valence-corrected chi connectivity index (χ0v) is 19.5. The van der Waals surface area contributed by atoms with Crippen molar-refractivity contribution in [3.05, 3.63) is 59.7 Å². The lowest BCUT2D eigenvalue weighted by atomic mass is 9.95. The highest BCUT2D eigenvalue weighted by atomic mass is 127. The average molecular weight is 502 g/mol. The Hall–Kier alpha value is -2.22. The van der Waals surface area contributed by atoms with Gasteiger partial charge in [-0.25, -0.2) is 0 Å². The number of carbonyl (C=O) groups is 1. The van der Waals surface area contributed by atoms with Gasteiger partial charge >= 0.3 is 0 Å². The quantitative estimate of drug-likeness (QED) is 0.369. The van der Waals surface area contributed by atoms with Crippen LogP contribution in [0.15, 0.2) is 42.7 Å². The topological polar surface area (TPSA) is 70.7 Å². The number of hydrogen-bond acceptors (Lipinski definition) is 3. The second-order valence-electron chi connectivity index (χ2n) is 7.05. The number of pyridine rings is 2. The maximum atomic E-state index is 12.2. The van der Waals surface area contributed by atoms with Crippen LogP contribution in [-0.2, 0) is 5.41 Å². The summed E-state index contributed by atoms with van der Waals surface area (Å²) >= 11 is 2.15. The highest BCUT2D eigenvalue weighted by Crippen LogP contribution is 2.50. The number of aryl methyl sites for hydroxylation is 1. The highest BCUT2D eigenvalue weighted by molar-refractivity contribution is 14.1. The molecule has 5 nitrogen and oxygen atoms in total. The summed E-state index contributed by atoms with van der Waals surface area (Å²) in [4.78, 5) is 26.5. The molecule has 0 bridgehead atoms. The lowest BCUT2D eigenvalue weighted by Crippen LogP contribution is -2.38. The number of fused-ring (bicyclic) bond motifs is 2. The Morgan fingerprint density at radius 3 is 2.45 bits per heavy atom. The molecule has 5 rings (SSSR count). The van der Waals surface area contributed by atoms with Crippen LogP contribution in [0.25, 0.3) is 22.5 Å². The maximum absolute atomic E-state index is 12.2. The van der Waals surface area contributed by atoms with Gasteiger partial charge in [0.1, 0.15) is 0 Å². The number of amides is 1. The predicted molar refractivity (Wildman–Crippen MR) is 127 cm³/mol. The second-order valence-corrected chi connectivity index (χ2v) is 7.05. The number of halogens is 1. The molecule has 1 amide bonds. The summed E-state index contributed by atoms with van der Waals surface area (Å²) in [6.45, 7) is 6.71. The molecule has 152 valence electrons. The molecule has 3 aromatic rings. The minimum absolute atomic E-state index is 0.0204. The molecule has 29 heavy (non-hydrogen) atoms. The van der Waals surface area contributed by atoms with Gasteiger partial charge in [-0.15, -0.1) is 0 Å². The first-order valence-corrected chi connectivity index (χ1v) is 12.1. The Morgan fingerprint density at radius 1 is 1.03 bits per heavy atom. The summed E-state index contributed by atoms with van der Waals surface area (Å²) in [6.07, 6.45) is 5.92. The fraction of sp³-hybridized carbons (Fsp3) is 0.348. The first kappa shape index (κ1) is 21.5. The molecule has 0 radical (unpaired) electrons. The van der Waals surface area contributed by atoms with E-state index in [1.807, 2.05) is 62.2 Å². The van der Waals surface area contributed by atoms with E-state index < -0.39 is 0 Å². The molecule has 1 spiro atoms. The van der Waals surface area contributed by atoms with Crippen molar-refractivity contribution in [1.82, 2.24) is 20.3 Å². The van der Waals surface area contributed by atoms with E-state index in [0.29, 0.717) is 0 Å². The second kappa shape index (κ2) is 9.07. The van der Waals surface area contributed by atoms with Gasteiger partial charge in [-0.3, -0.25) is 14.8 Å². The summed E-state index contributed by atoms with van der Waals surface area (Å²) < 4.78 is 0. The minimum Gasteiger partial charge on any atom is -0.357 e. The third-order valence-electron chi connectivity index (χ3n) is 5.31. The molecule has 3 aromatic heterocycles. The number of rotatable bonds is 2. The molecule has 2 aliphatic rings. The van der Waals surface area contributed by atoms with Gasteiger partial charge in [-0.1, -0.05) is 36.4 Å². The number of carbonyl (C=O) groups excluding carboxylic acids is 1. The number of aromatic amines is 1. The van der Waals surface area contributed by atoms with Gasteiger partial charge in [0.25, 0.3) is 5.91 Å². The summed E-state index contributed by atoms with van der Waals surface area (Å²) in [5.74, 6) is 0.0204. The Kier molecular flexibility index (Phi) is 6.72. The molecular weight excluding hydrogens is 475 g/mol. The number of hydrogen-bond donors (Lipinski definition) is 2. The smallest absolute Gasteiger partial charge is 0.253 e. The van der Waals surface area contributed by atoms with Gasteiger partial charge in [0.05, 0.1) is 11.3 Å². The molecule has 0 atom stereocenters. The van der Waals surface area contributed by atoms with Crippen molar-refractivity contribution in [1.29, 1.82) is 0 Å². The molecule has 0 aromatic carbocycles. The largest absolute Gasteiger partial charge is 0.357 e. The number of nitrogens with zero attached hydrogens (tertiary/aromatic N) is 2. The summed E-state index contributed by atoms with van der Waals surface area (Å²) in [5.41, 5.74) is 6.87. The molecule has 6 heteroatoms. The van der Waals surface area contributed by atoms with Crippen LogP contribution in [0, 0.1) is 6.92 Å². The average Bonchev–Trinajstić information content (AvgIpc) is 3.41. The number of aromatic nitrogens is 3. The number of alkyl halides is 1. The van der Waals surface area contributed by atoms with E-state index in [4.69, 9.17) is 0 Å². The van der Waals surface area contributed by atoms with Crippen LogP contribution in [-0.4, -0.2) is 32.3 Å². The van der Waals surface area contributed by atoms with E-state index >= 15 is 0 Å². The normalized spacial score (nSPS) is 15.3. The molecule has 2 N–H and O–H groups in total. The van der Waals surface area contributed by atoms with Crippen LogP contribution in [0.2, 0.25) is 0 Å². The van der Waals surface area contributed by atoms with Gasteiger partial charge in [0, 0.05) is 52.6 Å². The maximum Gasteiger partial charge on any atom is 0.253 e. The van der Waals surface area contributed by atoms with Crippen molar-refractivity contribution < 1.29 is 4.79 Å². The molecule has 1 aliphatic carbocycles. The zero-order valence-electron chi connectivity index (χ0n) is 17.3. The Morgan fingerprint density at radius 2 is 1.79 bits per heavy atom. The number of H-pyrrole nitrogens is 1. The number of nitrogens with one attached hydrogen (secondary N) is 2. The Labute approximate surface area is 185 Å². The van der Waals surface area contributed by atoms with Crippen molar-refractivity contribution in [2.75, 3.05) is 11.5 Å². The predicted octanol–water partition coefficient (Wildman–Crippen LogP) is 5.30. The first-order valence-electron chi connectivity index (χ1n) is 9.94. The molecule has 1 fully saturated rings. The van der Waals surface area contributed by atoms with Gasteiger partial charge in [0.2, 0.25) is 0 Å². The lowest BCUT2D eigenvalue weighted by molar-refractivity contribution is 0.0937. The third kappa shape index (κ3) is 4.22. The van der Waals surface area contributed by atoms with Crippen LogP contribution in [0.3, 0.4) is 0 Å². The Balaban J connectivity index is 0.000000568. The van der Waals surface area contributed by atoms with E-state index in [1.54, 1.807) is 6.20 Å². The standard InChI is InChI=1S/C20H18N4O.C2H6.CH3I/c1-12-2-3-14(10-22-12)16-8-13(4-7-21-16)17-9-15-18(24-17)20(5-6-20)11-23-19(15)25;2*1-2/h2-4,7-10,24H,5-6,11H2,1H3,(H,23,25);1-2H3;1H3. The van der Waals surface area contributed by atoms with Crippen LogP contribution in [0.5, 0.6) is 0 Å². The molecule has 0 saturated heterocycles.